The number of hydrogen-bond donors (Lipinski definition) is 1. The number of ketones is 1. The third-order valence-corrected chi connectivity index (χ3v) is 6.44. The fourth-order valence-corrected chi connectivity index (χ4v) is 4.90. The summed E-state index contributed by atoms with van der Waals surface area (Å²) in [6.07, 6.45) is 2.21. The molecule has 3 heterocycles. The van der Waals surface area contributed by atoms with Gasteiger partial charge in [-0.15, -0.1) is 0 Å². The fourth-order valence-electron chi connectivity index (χ4n) is 4.38. The number of nitrogens with zero attached hydrogens (tertiary/aromatic N) is 1. The normalized spacial score (nSPS) is 21.4. The number of aliphatic hydroxyl groups is 1. The molecule has 1 fully saturated rings. The van der Waals surface area contributed by atoms with E-state index in [1.165, 1.54) is 11.2 Å². The van der Waals surface area contributed by atoms with Crippen molar-refractivity contribution in [3.63, 3.8) is 0 Å². The van der Waals surface area contributed by atoms with Gasteiger partial charge in [-0.05, 0) is 60.5 Å². The summed E-state index contributed by atoms with van der Waals surface area (Å²) in [6.45, 7) is 2.00. The van der Waals surface area contributed by atoms with Gasteiger partial charge < -0.3 is 19.2 Å². The van der Waals surface area contributed by atoms with Crippen molar-refractivity contribution < 1.29 is 23.8 Å². The van der Waals surface area contributed by atoms with E-state index < -0.39 is 17.7 Å². The minimum atomic E-state index is -0.914. The number of rotatable bonds is 4. The van der Waals surface area contributed by atoms with Crippen molar-refractivity contribution in [3.05, 3.63) is 92.9 Å². The number of amides is 1. The Morgan fingerprint density at radius 2 is 1.97 bits per heavy atom. The summed E-state index contributed by atoms with van der Waals surface area (Å²) in [6, 6.07) is 12.5. The number of fused-ring (bicyclic) bond motifs is 1. The lowest BCUT2D eigenvalue weighted by Crippen LogP contribution is -2.29. The number of carbonyl (C=O) groups excluding carboxylic acids is 2. The summed E-state index contributed by atoms with van der Waals surface area (Å²) in [5.74, 6) is -0.568. The first kappa shape index (κ1) is 21.6. The summed E-state index contributed by atoms with van der Waals surface area (Å²) >= 11 is 12.6. The average molecular weight is 484 g/mol. The molecule has 6 nitrogen and oxygen atoms in total. The number of furan rings is 1. The van der Waals surface area contributed by atoms with Gasteiger partial charge in [0.05, 0.1) is 24.4 Å². The highest BCUT2D eigenvalue weighted by atomic mass is 35.5. The molecule has 2 atom stereocenters. The van der Waals surface area contributed by atoms with E-state index in [0.717, 1.165) is 11.3 Å². The Bertz CT molecular complexity index is 1300. The molecule has 33 heavy (non-hydrogen) atoms. The molecule has 2 aliphatic heterocycles. The Kier molecular flexibility index (Phi) is 5.43. The number of aliphatic hydroxyl groups excluding tert-OH is 1. The maximum atomic E-state index is 13.2. The Hall–Kier alpha value is -3.22. The van der Waals surface area contributed by atoms with Crippen molar-refractivity contribution in [2.75, 3.05) is 0 Å². The predicted octanol–water partition coefficient (Wildman–Crippen LogP) is 5.53. The predicted molar refractivity (Wildman–Crippen MR) is 123 cm³/mol. The number of ether oxygens (including phenoxy) is 1. The lowest BCUT2D eigenvalue weighted by Gasteiger charge is -2.25. The molecule has 0 aliphatic carbocycles. The van der Waals surface area contributed by atoms with Crippen molar-refractivity contribution in [2.45, 2.75) is 32.0 Å². The molecule has 168 valence electrons. The summed E-state index contributed by atoms with van der Waals surface area (Å²) in [5.41, 5.74) is 1.80. The van der Waals surface area contributed by atoms with E-state index in [0.29, 0.717) is 28.3 Å². The van der Waals surface area contributed by atoms with Gasteiger partial charge in [0.25, 0.3) is 11.7 Å². The molecule has 3 aromatic rings. The van der Waals surface area contributed by atoms with Crippen molar-refractivity contribution >= 4 is 40.7 Å². The molecule has 2 aliphatic rings. The summed E-state index contributed by atoms with van der Waals surface area (Å²) in [4.78, 5) is 27.6. The second-order valence-electron chi connectivity index (χ2n) is 8.13. The maximum absolute atomic E-state index is 13.2. The minimum absolute atomic E-state index is 0.0316. The topological polar surface area (TPSA) is 80.0 Å². The third-order valence-electron chi connectivity index (χ3n) is 5.87. The molecule has 1 saturated heterocycles. The molecular weight excluding hydrogens is 465 g/mol. The van der Waals surface area contributed by atoms with E-state index in [1.54, 1.807) is 48.5 Å². The highest BCUT2D eigenvalue weighted by molar-refractivity contribution is 6.47. The molecule has 5 rings (SSSR count). The van der Waals surface area contributed by atoms with Gasteiger partial charge in [-0.1, -0.05) is 29.3 Å². The Morgan fingerprint density at radius 1 is 1.15 bits per heavy atom. The van der Waals surface area contributed by atoms with Crippen LogP contribution in [0, 0.1) is 0 Å². The van der Waals surface area contributed by atoms with Crippen LogP contribution in [0.2, 0.25) is 10.0 Å². The van der Waals surface area contributed by atoms with Gasteiger partial charge in [0, 0.05) is 22.0 Å². The second kappa shape index (κ2) is 8.28. The van der Waals surface area contributed by atoms with Crippen LogP contribution in [0.3, 0.4) is 0 Å². The molecule has 2 aromatic carbocycles. The van der Waals surface area contributed by atoms with Crippen LogP contribution in [0.5, 0.6) is 5.75 Å². The van der Waals surface area contributed by atoms with Gasteiger partial charge in [-0.25, -0.2) is 0 Å². The van der Waals surface area contributed by atoms with Crippen LogP contribution in [0.4, 0.5) is 0 Å². The van der Waals surface area contributed by atoms with Gasteiger partial charge in [0.1, 0.15) is 23.4 Å². The van der Waals surface area contributed by atoms with Crippen molar-refractivity contribution in [2.24, 2.45) is 0 Å². The number of carbonyl (C=O) groups is 2. The number of halogens is 2. The highest BCUT2D eigenvalue weighted by Crippen LogP contribution is 2.43. The molecule has 8 heteroatoms. The first-order chi connectivity index (χ1) is 15.8. The fraction of sp³-hybridized carbons (Fsp3) is 0.200. The Labute approximate surface area is 200 Å². The zero-order chi connectivity index (χ0) is 23.3. The zero-order valence-corrected chi connectivity index (χ0v) is 19.1. The monoisotopic (exact) mass is 483 g/mol. The van der Waals surface area contributed by atoms with Crippen molar-refractivity contribution in [1.29, 1.82) is 0 Å². The van der Waals surface area contributed by atoms with Gasteiger partial charge in [0.15, 0.2) is 0 Å². The van der Waals surface area contributed by atoms with Gasteiger partial charge in [-0.3, -0.25) is 9.59 Å². The van der Waals surface area contributed by atoms with Crippen molar-refractivity contribution in [3.8, 4) is 5.75 Å². The molecule has 0 bridgehead atoms. The second-order valence-corrected chi connectivity index (χ2v) is 8.97. The quantitative estimate of drug-likeness (QED) is 0.299. The zero-order valence-electron chi connectivity index (χ0n) is 17.5. The number of hydrogen-bond acceptors (Lipinski definition) is 5. The van der Waals surface area contributed by atoms with E-state index in [1.807, 2.05) is 6.92 Å². The smallest absolute Gasteiger partial charge is 0.296 e. The van der Waals surface area contributed by atoms with Gasteiger partial charge in [0.2, 0.25) is 0 Å². The van der Waals surface area contributed by atoms with Gasteiger partial charge >= 0.3 is 0 Å². The molecule has 0 radical (unpaired) electrons. The standard InChI is InChI=1S/C25H19Cl2NO5/c1-13-9-15-10-14(4-7-20(15)33-13)23(29)21-22(18-6-5-16(26)11-19(18)27)28(25(31)24(21)30)12-17-3-2-8-32-17/h2-8,10-11,13,22,29H,9,12H2,1H3/b23-21+. The number of benzene rings is 2. The SMILES string of the molecule is CC1Cc2cc(/C(O)=C3\C(=O)C(=O)N(Cc4ccco4)C3c3ccc(Cl)cc3Cl)ccc2O1. The largest absolute Gasteiger partial charge is 0.507 e. The number of Topliss-reactive ketones (excluding diaryl/α,β-unsaturated/α-hetero) is 1. The van der Waals surface area contributed by atoms with Crippen LogP contribution in [0.25, 0.3) is 5.76 Å². The van der Waals surface area contributed by atoms with E-state index in [9.17, 15) is 14.7 Å². The first-order valence-electron chi connectivity index (χ1n) is 10.4. The summed E-state index contributed by atoms with van der Waals surface area (Å²) in [7, 11) is 0. The lowest BCUT2D eigenvalue weighted by atomic mass is 9.94. The average Bonchev–Trinajstić information content (AvgIpc) is 3.48. The summed E-state index contributed by atoms with van der Waals surface area (Å²) < 4.78 is 11.1. The van der Waals surface area contributed by atoms with E-state index >= 15 is 0 Å². The van der Waals surface area contributed by atoms with Crippen LogP contribution in [0.1, 0.15) is 35.4 Å². The molecule has 0 spiro atoms. The van der Waals surface area contributed by atoms with E-state index in [-0.39, 0.29) is 29.0 Å². The molecule has 0 saturated carbocycles. The Balaban J connectivity index is 1.66. The number of likely N-dealkylation sites (tertiary alicyclic amines) is 1. The lowest BCUT2D eigenvalue weighted by molar-refractivity contribution is -0.140. The summed E-state index contributed by atoms with van der Waals surface area (Å²) in [5, 5.41) is 12.0. The van der Waals surface area contributed by atoms with E-state index in [4.69, 9.17) is 32.4 Å². The molecule has 1 amide bonds. The van der Waals surface area contributed by atoms with Crippen LogP contribution < -0.4 is 4.74 Å². The van der Waals surface area contributed by atoms with E-state index in [2.05, 4.69) is 0 Å². The maximum Gasteiger partial charge on any atom is 0.296 e. The van der Waals surface area contributed by atoms with Gasteiger partial charge in [-0.2, -0.15) is 0 Å². The van der Waals surface area contributed by atoms with Crippen molar-refractivity contribution in [1.82, 2.24) is 4.90 Å². The molecule has 1 aromatic heterocycles. The van der Waals surface area contributed by atoms with Crippen LogP contribution in [-0.2, 0) is 22.6 Å². The third kappa shape index (κ3) is 3.79. The molecular formula is C25H19Cl2NO5. The Morgan fingerprint density at radius 3 is 2.70 bits per heavy atom. The van der Waals surface area contributed by atoms with Crippen LogP contribution in [-0.4, -0.2) is 27.8 Å². The molecule has 1 N–H and O–H groups in total. The first-order valence-corrected chi connectivity index (χ1v) is 11.1. The molecule has 2 unspecified atom stereocenters. The minimum Gasteiger partial charge on any atom is -0.507 e. The van der Waals surface area contributed by atoms with Crippen LogP contribution in [0.15, 0.2) is 64.8 Å². The van der Waals surface area contributed by atoms with Crippen LogP contribution >= 0.6 is 23.2 Å². The highest BCUT2D eigenvalue weighted by Gasteiger charge is 2.47.